The van der Waals surface area contributed by atoms with Crippen molar-refractivity contribution >= 4 is 11.9 Å². The van der Waals surface area contributed by atoms with Crippen molar-refractivity contribution in [2.24, 2.45) is 5.92 Å². The van der Waals surface area contributed by atoms with Gasteiger partial charge in [0.1, 0.15) is 6.04 Å². The average Bonchev–Trinajstić information content (AvgIpc) is 2.91. The van der Waals surface area contributed by atoms with Crippen LogP contribution in [-0.2, 0) is 14.3 Å². The first kappa shape index (κ1) is 12.4. The number of piperazine rings is 1. The average molecular weight is 240 g/mol. The largest absolute Gasteiger partial charge is 0.468 e. The van der Waals surface area contributed by atoms with Gasteiger partial charge in [-0.1, -0.05) is 12.8 Å². The maximum Gasteiger partial charge on any atom is 0.324 e. The minimum absolute atomic E-state index is 0.186. The van der Waals surface area contributed by atoms with Crippen LogP contribution in [0.1, 0.15) is 25.7 Å². The van der Waals surface area contributed by atoms with E-state index in [9.17, 15) is 9.59 Å². The summed E-state index contributed by atoms with van der Waals surface area (Å²) in [5.41, 5.74) is 0. The van der Waals surface area contributed by atoms with E-state index >= 15 is 0 Å². The van der Waals surface area contributed by atoms with Crippen molar-refractivity contribution in [2.75, 3.05) is 26.7 Å². The highest BCUT2D eigenvalue weighted by atomic mass is 16.5. The monoisotopic (exact) mass is 240 g/mol. The van der Waals surface area contributed by atoms with Crippen molar-refractivity contribution in [3.8, 4) is 0 Å². The fourth-order valence-electron chi connectivity index (χ4n) is 2.68. The molecule has 1 saturated carbocycles. The fraction of sp³-hybridized carbons (Fsp3) is 0.833. The minimum Gasteiger partial charge on any atom is -0.468 e. The first-order valence-corrected chi connectivity index (χ1v) is 6.32. The number of esters is 1. The van der Waals surface area contributed by atoms with Crippen LogP contribution in [0, 0.1) is 5.92 Å². The maximum atomic E-state index is 12.2. The van der Waals surface area contributed by atoms with Crippen LogP contribution in [0.25, 0.3) is 0 Å². The van der Waals surface area contributed by atoms with Crippen molar-refractivity contribution in [3.05, 3.63) is 0 Å². The number of methoxy groups -OCH3 is 1. The number of nitrogens with one attached hydrogen (secondary N) is 1. The second-order valence-corrected chi connectivity index (χ2v) is 4.80. The predicted octanol–water partition coefficient (Wildman–Crippen LogP) is 0.150. The molecular formula is C12H20N2O3. The Balaban J connectivity index is 1.92. The number of carbonyl (C=O) groups is 2. The number of carbonyl (C=O) groups excluding carboxylic acids is 2. The zero-order valence-corrected chi connectivity index (χ0v) is 10.3. The van der Waals surface area contributed by atoms with Gasteiger partial charge in [0, 0.05) is 25.6 Å². The SMILES string of the molecule is COC(=O)[C@@H]1CN(C(=O)C2CCCC2)CCN1. The lowest BCUT2D eigenvalue weighted by molar-refractivity contribution is -0.146. The maximum absolute atomic E-state index is 12.2. The molecule has 0 aromatic rings. The van der Waals surface area contributed by atoms with E-state index in [1.807, 2.05) is 4.90 Å². The van der Waals surface area contributed by atoms with E-state index in [0.717, 1.165) is 25.7 Å². The Morgan fingerprint density at radius 3 is 2.65 bits per heavy atom. The minimum atomic E-state index is -0.362. The molecule has 0 aromatic heterocycles. The van der Waals surface area contributed by atoms with Crippen LogP contribution in [0.3, 0.4) is 0 Å². The van der Waals surface area contributed by atoms with Gasteiger partial charge in [-0.25, -0.2) is 0 Å². The molecule has 0 spiro atoms. The van der Waals surface area contributed by atoms with E-state index in [0.29, 0.717) is 19.6 Å². The number of rotatable bonds is 2. The highest BCUT2D eigenvalue weighted by molar-refractivity contribution is 5.81. The summed E-state index contributed by atoms with van der Waals surface area (Å²) in [5.74, 6) is 0.123. The van der Waals surface area contributed by atoms with Crippen LogP contribution in [0.4, 0.5) is 0 Å². The van der Waals surface area contributed by atoms with E-state index in [-0.39, 0.29) is 23.8 Å². The van der Waals surface area contributed by atoms with Crippen LogP contribution in [0.5, 0.6) is 0 Å². The molecule has 0 bridgehead atoms. The lowest BCUT2D eigenvalue weighted by Gasteiger charge is -2.33. The molecule has 5 nitrogen and oxygen atoms in total. The molecule has 1 amide bonds. The van der Waals surface area contributed by atoms with E-state index in [1.54, 1.807) is 0 Å². The van der Waals surface area contributed by atoms with E-state index in [4.69, 9.17) is 4.74 Å². The van der Waals surface area contributed by atoms with Gasteiger partial charge in [0.15, 0.2) is 0 Å². The molecule has 0 radical (unpaired) electrons. The van der Waals surface area contributed by atoms with Crippen molar-refractivity contribution in [1.82, 2.24) is 10.2 Å². The molecule has 1 saturated heterocycles. The smallest absolute Gasteiger partial charge is 0.324 e. The molecule has 2 rings (SSSR count). The Kier molecular flexibility index (Phi) is 3.99. The third-order valence-corrected chi connectivity index (χ3v) is 3.68. The molecule has 1 aliphatic heterocycles. The molecule has 1 atom stereocenters. The predicted molar refractivity (Wildman–Crippen MR) is 62.3 cm³/mol. The lowest BCUT2D eigenvalue weighted by atomic mass is 10.1. The Bertz CT molecular complexity index is 300. The normalized spacial score (nSPS) is 25.9. The van der Waals surface area contributed by atoms with Gasteiger partial charge in [-0.3, -0.25) is 9.59 Å². The summed E-state index contributed by atoms with van der Waals surface area (Å²) < 4.78 is 4.70. The van der Waals surface area contributed by atoms with Crippen molar-refractivity contribution in [1.29, 1.82) is 0 Å². The van der Waals surface area contributed by atoms with Gasteiger partial charge in [0.05, 0.1) is 7.11 Å². The molecule has 1 N–H and O–H groups in total. The molecular weight excluding hydrogens is 220 g/mol. The Labute approximate surface area is 101 Å². The van der Waals surface area contributed by atoms with Gasteiger partial charge in [-0.05, 0) is 12.8 Å². The van der Waals surface area contributed by atoms with Gasteiger partial charge >= 0.3 is 5.97 Å². The third-order valence-electron chi connectivity index (χ3n) is 3.68. The molecule has 2 fully saturated rings. The molecule has 2 aliphatic rings. The first-order valence-electron chi connectivity index (χ1n) is 6.32. The molecule has 5 heteroatoms. The van der Waals surface area contributed by atoms with E-state index in [2.05, 4.69) is 5.32 Å². The highest BCUT2D eigenvalue weighted by Crippen LogP contribution is 2.26. The topological polar surface area (TPSA) is 58.6 Å². The molecule has 1 heterocycles. The van der Waals surface area contributed by atoms with Gasteiger partial charge < -0.3 is 15.0 Å². The van der Waals surface area contributed by atoms with Crippen molar-refractivity contribution in [3.63, 3.8) is 0 Å². The number of amides is 1. The standard InChI is InChI=1S/C12H20N2O3/c1-17-12(16)10-8-14(7-6-13-10)11(15)9-4-2-3-5-9/h9-10,13H,2-8H2,1H3/t10-/m0/s1. The summed E-state index contributed by atoms with van der Waals surface area (Å²) in [6.07, 6.45) is 4.32. The summed E-state index contributed by atoms with van der Waals surface area (Å²) in [6, 6.07) is -0.362. The van der Waals surface area contributed by atoms with Crippen molar-refractivity contribution < 1.29 is 14.3 Å². The summed E-state index contributed by atoms with van der Waals surface area (Å²) >= 11 is 0. The summed E-state index contributed by atoms with van der Waals surface area (Å²) in [5, 5.41) is 3.08. The Morgan fingerprint density at radius 1 is 1.29 bits per heavy atom. The van der Waals surface area contributed by atoms with E-state index < -0.39 is 0 Å². The second-order valence-electron chi connectivity index (χ2n) is 4.80. The van der Waals surface area contributed by atoms with E-state index in [1.165, 1.54) is 7.11 Å². The van der Waals surface area contributed by atoms with Crippen LogP contribution >= 0.6 is 0 Å². The highest BCUT2D eigenvalue weighted by Gasteiger charge is 2.32. The molecule has 1 aliphatic carbocycles. The zero-order valence-electron chi connectivity index (χ0n) is 10.3. The Morgan fingerprint density at radius 2 is 2.00 bits per heavy atom. The third kappa shape index (κ3) is 2.77. The quantitative estimate of drug-likeness (QED) is 0.698. The van der Waals surface area contributed by atoms with Crippen LogP contribution in [0.2, 0.25) is 0 Å². The zero-order chi connectivity index (χ0) is 12.3. The second kappa shape index (κ2) is 5.49. The number of hydrogen-bond donors (Lipinski definition) is 1. The summed E-state index contributed by atoms with van der Waals surface area (Å²) in [4.78, 5) is 25.5. The molecule has 96 valence electrons. The van der Waals surface area contributed by atoms with Gasteiger partial charge in [-0.15, -0.1) is 0 Å². The van der Waals surface area contributed by atoms with Crippen LogP contribution in [-0.4, -0.2) is 49.6 Å². The summed E-state index contributed by atoms with van der Waals surface area (Å²) in [6.45, 7) is 1.81. The molecule has 0 aromatic carbocycles. The van der Waals surface area contributed by atoms with Crippen molar-refractivity contribution in [2.45, 2.75) is 31.7 Å². The first-order chi connectivity index (χ1) is 8.22. The number of hydrogen-bond acceptors (Lipinski definition) is 4. The lowest BCUT2D eigenvalue weighted by Crippen LogP contribution is -2.56. The molecule has 0 unspecified atom stereocenters. The Hall–Kier alpha value is -1.10. The molecule has 17 heavy (non-hydrogen) atoms. The van der Waals surface area contributed by atoms with Crippen LogP contribution < -0.4 is 5.32 Å². The van der Waals surface area contributed by atoms with Crippen LogP contribution in [0.15, 0.2) is 0 Å². The summed E-state index contributed by atoms with van der Waals surface area (Å²) in [7, 11) is 1.38. The number of ether oxygens (including phenoxy) is 1. The van der Waals surface area contributed by atoms with Gasteiger partial charge in [0.25, 0.3) is 0 Å². The van der Waals surface area contributed by atoms with Gasteiger partial charge in [0.2, 0.25) is 5.91 Å². The van der Waals surface area contributed by atoms with Gasteiger partial charge in [-0.2, -0.15) is 0 Å². The number of nitrogens with zero attached hydrogens (tertiary/aromatic N) is 1. The fourth-order valence-corrected chi connectivity index (χ4v) is 2.68.